The van der Waals surface area contributed by atoms with E-state index in [-0.39, 0.29) is 5.91 Å². The van der Waals surface area contributed by atoms with Gasteiger partial charge in [-0.1, -0.05) is 30.6 Å². The molecular formula is C15H19N3OS. The molecule has 1 aliphatic carbocycles. The Labute approximate surface area is 122 Å². The normalized spacial score (nSPS) is 16.4. The van der Waals surface area contributed by atoms with Gasteiger partial charge in [-0.15, -0.1) is 0 Å². The summed E-state index contributed by atoms with van der Waals surface area (Å²) < 4.78 is 0.977. The fourth-order valence-corrected chi connectivity index (χ4v) is 3.69. The van der Waals surface area contributed by atoms with E-state index in [2.05, 4.69) is 4.98 Å². The van der Waals surface area contributed by atoms with Crippen molar-refractivity contribution in [1.29, 1.82) is 0 Å². The molecule has 0 spiro atoms. The Hall–Kier alpha value is -1.62. The van der Waals surface area contributed by atoms with Gasteiger partial charge in [0, 0.05) is 18.7 Å². The molecule has 0 aliphatic heterocycles. The highest BCUT2D eigenvalue weighted by molar-refractivity contribution is 7.22. The number of hydrogen-bond donors (Lipinski definition) is 1. The van der Waals surface area contributed by atoms with Crippen LogP contribution in [0.4, 0.5) is 5.13 Å². The molecule has 2 aromatic rings. The molecule has 20 heavy (non-hydrogen) atoms. The zero-order chi connectivity index (χ0) is 14.1. The number of carbonyl (C=O) groups excluding carboxylic acids is 1. The minimum absolute atomic E-state index is 0.103. The first-order chi connectivity index (χ1) is 9.65. The maximum absolute atomic E-state index is 12.6. The summed E-state index contributed by atoms with van der Waals surface area (Å²) in [6, 6.07) is 6.02. The summed E-state index contributed by atoms with van der Waals surface area (Å²) in [5.41, 5.74) is 7.30. The van der Waals surface area contributed by atoms with E-state index in [4.69, 9.17) is 5.73 Å². The van der Waals surface area contributed by atoms with Crippen molar-refractivity contribution in [2.45, 2.75) is 38.1 Å². The number of fused-ring (bicyclic) bond motifs is 1. The number of nitrogens with zero attached hydrogens (tertiary/aromatic N) is 2. The molecular weight excluding hydrogens is 270 g/mol. The second-order valence-corrected chi connectivity index (χ2v) is 6.50. The fraction of sp³-hybridized carbons (Fsp3) is 0.467. The predicted molar refractivity (Wildman–Crippen MR) is 83.0 cm³/mol. The van der Waals surface area contributed by atoms with Gasteiger partial charge in [0.2, 0.25) is 0 Å². The third kappa shape index (κ3) is 2.50. The predicted octanol–water partition coefficient (Wildman–Crippen LogP) is 3.28. The Morgan fingerprint density at radius 3 is 2.85 bits per heavy atom. The number of thiazole rings is 1. The number of aromatic nitrogens is 1. The number of nitrogens with two attached hydrogens (primary N) is 1. The van der Waals surface area contributed by atoms with Gasteiger partial charge >= 0.3 is 0 Å². The zero-order valence-electron chi connectivity index (χ0n) is 11.6. The molecule has 0 bridgehead atoms. The number of anilines is 1. The lowest BCUT2D eigenvalue weighted by molar-refractivity contribution is 0.0696. The van der Waals surface area contributed by atoms with Crippen LogP contribution in [0.5, 0.6) is 0 Å². The van der Waals surface area contributed by atoms with Gasteiger partial charge in [-0.3, -0.25) is 4.79 Å². The Balaban J connectivity index is 1.83. The van der Waals surface area contributed by atoms with E-state index < -0.39 is 0 Å². The van der Waals surface area contributed by atoms with E-state index in [0.29, 0.717) is 11.2 Å². The van der Waals surface area contributed by atoms with Crippen LogP contribution in [0.1, 0.15) is 42.5 Å². The third-order valence-electron chi connectivity index (χ3n) is 4.09. The smallest absolute Gasteiger partial charge is 0.253 e. The number of hydrogen-bond acceptors (Lipinski definition) is 4. The number of benzene rings is 1. The average Bonchev–Trinajstić information content (AvgIpc) is 2.85. The van der Waals surface area contributed by atoms with Gasteiger partial charge in [-0.2, -0.15) is 0 Å². The van der Waals surface area contributed by atoms with Crippen LogP contribution in [0.2, 0.25) is 0 Å². The molecule has 1 fully saturated rings. The van der Waals surface area contributed by atoms with Gasteiger partial charge < -0.3 is 10.6 Å². The molecule has 1 saturated carbocycles. The van der Waals surface area contributed by atoms with Crippen molar-refractivity contribution in [2.24, 2.45) is 0 Å². The Bertz CT molecular complexity index is 631. The molecule has 1 amide bonds. The molecule has 4 nitrogen and oxygen atoms in total. The zero-order valence-corrected chi connectivity index (χ0v) is 12.4. The molecule has 0 saturated heterocycles. The molecule has 0 atom stereocenters. The second-order valence-electron chi connectivity index (χ2n) is 5.44. The summed E-state index contributed by atoms with van der Waals surface area (Å²) in [4.78, 5) is 18.7. The van der Waals surface area contributed by atoms with Gasteiger partial charge in [0.25, 0.3) is 5.91 Å². The highest BCUT2D eigenvalue weighted by Gasteiger charge is 2.23. The summed E-state index contributed by atoms with van der Waals surface area (Å²) in [5, 5.41) is 0.547. The minimum Gasteiger partial charge on any atom is -0.375 e. The standard InChI is InChI=1S/C15H19N3OS/c1-18(11-5-3-2-4-6-11)14(19)10-7-8-12-13(9-10)20-15(16)17-12/h7-9,11H,2-6H2,1H3,(H2,16,17). The van der Waals surface area contributed by atoms with Crippen molar-refractivity contribution in [1.82, 2.24) is 9.88 Å². The van der Waals surface area contributed by atoms with Gasteiger partial charge in [0.15, 0.2) is 5.13 Å². The molecule has 1 heterocycles. The molecule has 1 aromatic heterocycles. The number of amides is 1. The second kappa shape index (κ2) is 5.40. The van der Waals surface area contributed by atoms with E-state index in [0.717, 1.165) is 28.6 Å². The minimum atomic E-state index is 0.103. The molecule has 0 radical (unpaired) electrons. The van der Waals surface area contributed by atoms with E-state index in [1.807, 2.05) is 30.1 Å². The van der Waals surface area contributed by atoms with Crippen molar-refractivity contribution in [3.8, 4) is 0 Å². The number of carbonyl (C=O) groups is 1. The van der Waals surface area contributed by atoms with E-state index >= 15 is 0 Å². The molecule has 1 aliphatic rings. The first kappa shape index (κ1) is 13.4. The maximum Gasteiger partial charge on any atom is 0.253 e. The van der Waals surface area contributed by atoms with Crippen LogP contribution in [-0.4, -0.2) is 28.9 Å². The highest BCUT2D eigenvalue weighted by atomic mass is 32.1. The molecule has 1 aromatic carbocycles. The summed E-state index contributed by atoms with van der Waals surface area (Å²) in [7, 11) is 1.92. The van der Waals surface area contributed by atoms with Crippen LogP contribution in [0.3, 0.4) is 0 Å². The lowest BCUT2D eigenvalue weighted by Crippen LogP contribution is -2.38. The molecule has 0 unspecified atom stereocenters. The topological polar surface area (TPSA) is 59.2 Å². The van der Waals surface area contributed by atoms with Gasteiger partial charge in [-0.05, 0) is 31.0 Å². The van der Waals surface area contributed by atoms with Crippen LogP contribution in [-0.2, 0) is 0 Å². The van der Waals surface area contributed by atoms with Gasteiger partial charge in [0.1, 0.15) is 0 Å². The number of rotatable bonds is 2. The lowest BCUT2D eigenvalue weighted by atomic mass is 9.94. The van der Waals surface area contributed by atoms with Crippen molar-refractivity contribution in [3.05, 3.63) is 23.8 Å². The van der Waals surface area contributed by atoms with E-state index in [1.54, 1.807) is 0 Å². The van der Waals surface area contributed by atoms with Crippen LogP contribution in [0.15, 0.2) is 18.2 Å². The van der Waals surface area contributed by atoms with Crippen LogP contribution >= 0.6 is 11.3 Å². The summed E-state index contributed by atoms with van der Waals surface area (Å²) in [5.74, 6) is 0.103. The van der Waals surface area contributed by atoms with Crippen molar-refractivity contribution >= 4 is 32.6 Å². The molecule has 2 N–H and O–H groups in total. The average molecular weight is 289 g/mol. The van der Waals surface area contributed by atoms with E-state index in [1.165, 1.54) is 30.6 Å². The first-order valence-electron chi connectivity index (χ1n) is 7.08. The van der Waals surface area contributed by atoms with E-state index in [9.17, 15) is 4.79 Å². The third-order valence-corrected chi connectivity index (χ3v) is 4.94. The molecule has 106 valence electrons. The van der Waals surface area contributed by atoms with Crippen molar-refractivity contribution < 1.29 is 4.79 Å². The lowest BCUT2D eigenvalue weighted by Gasteiger charge is -2.31. The quantitative estimate of drug-likeness (QED) is 0.923. The van der Waals surface area contributed by atoms with Gasteiger partial charge in [0.05, 0.1) is 10.2 Å². The first-order valence-corrected chi connectivity index (χ1v) is 7.90. The maximum atomic E-state index is 12.6. The molecule has 3 rings (SSSR count). The summed E-state index contributed by atoms with van der Waals surface area (Å²) in [6.45, 7) is 0. The highest BCUT2D eigenvalue weighted by Crippen LogP contribution is 2.27. The Morgan fingerprint density at radius 2 is 2.10 bits per heavy atom. The van der Waals surface area contributed by atoms with Crippen molar-refractivity contribution in [2.75, 3.05) is 12.8 Å². The Morgan fingerprint density at radius 1 is 1.35 bits per heavy atom. The fourth-order valence-electron chi connectivity index (χ4n) is 2.91. The Kier molecular flexibility index (Phi) is 3.61. The summed E-state index contributed by atoms with van der Waals surface area (Å²) in [6.07, 6.45) is 6.00. The molecule has 5 heteroatoms. The van der Waals surface area contributed by atoms with Crippen molar-refractivity contribution in [3.63, 3.8) is 0 Å². The SMILES string of the molecule is CN(C(=O)c1ccc2nc(N)sc2c1)C1CCCCC1. The monoisotopic (exact) mass is 289 g/mol. The van der Waals surface area contributed by atoms with Crippen LogP contribution < -0.4 is 5.73 Å². The van der Waals surface area contributed by atoms with Gasteiger partial charge in [-0.25, -0.2) is 4.98 Å². The van der Waals surface area contributed by atoms with Crippen LogP contribution in [0, 0.1) is 0 Å². The summed E-state index contributed by atoms with van der Waals surface area (Å²) >= 11 is 1.43. The van der Waals surface area contributed by atoms with Crippen LogP contribution in [0.25, 0.3) is 10.2 Å². The number of nitrogen functional groups attached to an aromatic ring is 1. The largest absolute Gasteiger partial charge is 0.375 e.